The molecule has 0 aliphatic rings. The van der Waals surface area contributed by atoms with Crippen LogP contribution in [0.1, 0.15) is 37.0 Å². The maximum Gasteiger partial charge on any atom is 0.338 e. The number of rotatable bonds is 8. The summed E-state index contributed by atoms with van der Waals surface area (Å²) in [5, 5.41) is 4.83. The summed E-state index contributed by atoms with van der Waals surface area (Å²) >= 11 is 0. The molecule has 0 unspecified atom stereocenters. The van der Waals surface area contributed by atoms with E-state index in [2.05, 4.69) is 5.32 Å². The van der Waals surface area contributed by atoms with E-state index in [-0.39, 0.29) is 11.9 Å². The van der Waals surface area contributed by atoms with Gasteiger partial charge in [0.05, 0.1) is 12.2 Å². The fraction of sp³-hybridized carbons (Fsp3) is 0.250. The molecule has 5 nitrogen and oxygen atoms in total. The Morgan fingerprint density at radius 2 is 1.69 bits per heavy atom. The number of amides is 1. The van der Waals surface area contributed by atoms with Crippen molar-refractivity contribution in [2.75, 3.05) is 11.9 Å². The molecule has 3 aromatic rings. The number of esters is 1. The summed E-state index contributed by atoms with van der Waals surface area (Å²) in [7, 11) is 0. The second-order valence-electron chi connectivity index (χ2n) is 6.79. The van der Waals surface area contributed by atoms with E-state index in [0.717, 1.165) is 23.6 Å². The van der Waals surface area contributed by atoms with E-state index in [0.29, 0.717) is 23.6 Å². The van der Waals surface area contributed by atoms with Crippen molar-refractivity contribution in [1.29, 1.82) is 0 Å². The fourth-order valence-corrected chi connectivity index (χ4v) is 2.87. The van der Waals surface area contributed by atoms with Crippen LogP contribution in [0.2, 0.25) is 0 Å². The zero-order chi connectivity index (χ0) is 20.6. The molecule has 0 spiro atoms. The molecule has 5 heteroatoms. The van der Waals surface area contributed by atoms with Gasteiger partial charge in [-0.1, -0.05) is 49.7 Å². The van der Waals surface area contributed by atoms with Crippen molar-refractivity contribution >= 4 is 28.3 Å². The summed E-state index contributed by atoms with van der Waals surface area (Å²) in [6, 6.07) is 20.3. The molecule has 29 heavy (non-hydrogen) atoms. The normalized spacial score (nSPS) is 11.7. The van der Waals surface area contributed by atoms with Gasteiger partial charge in [-0.25, -0.2) is 4.79 Å². The smallest absolute Gasteiger partial charge is 0.338 e. The molecular weight excluding hydrogens is 366 g/mol. The summed E-state index contributed by atoms with van der Waals surface area (Å²) in [4.78, 5) is 24.5. The first-order valence-electron chi connectivity index (χ1n) is 9.81. The van der Waals surface area contributed by atoms with Crippen molar-refractivity contribution in [3.8, 4) is 5.75 Å². The molecule has 3 aromatic carbocycles. The standard InChI is InChI=1S/C24H25NO4/c1-3-4-16-28-24(27)19-12-14-20(15-13-19)25-23(26)17(2)29-22-11-7-9-18-8-5-6-10-21(18)22/h5-15,17H,3-4,16H2,1-2H3,(H,25,26)/t17-/m0/s1. The van der Waals surface area contributed by atoms with E-state index in [9.17, 15) is 9.59 Å². The highest BCUT2D eigenvalue weighted by molar-refractivity contribution is 5.96. The molecule has 0 saturated heterocycles. The predicted molar refractivity (Wildman–Crippen MR) is 114 cm³/mol. The average molecular weight is 391 g/mol. The predicted octanol–water partition coefficient (Wildman–Crippen LogP) is 5.20. The molecule has 0 heterocycles. The van der Waals surface area contributed by atoms with Crippen molar-refractivity contribution in [3.05, 3.63) is 72.3 Å². The van der Waals surface area contributed by atoms with Crippen LogP contribution < -0.4 is 10.1 Å². The Labute approximate surface area is 170 Å². The SMILES string of the molecule is CCCCOC(=O)c1ccc(NC(=O)[C@H](C)Oc2cccc3ccccc23)cc1. The molecule has 0 aliphatic carbocycles. The van der Waals surface area contributed by atoms with Crippen LogP contribution in [0.4, 0.5) is 5.69 Å². The number of hydrogen-bond donors (Lipinski definition) is 1. The number of anilines is 1. The van der Waals surface area contributed by atoms with Crippen LogP contribution in [0.3, 0.4) is 0 Å². The number of ether oxygens (including phenoxy) is 2. The molecule has 0 radical (unpaired) electrons. The second-order valence-corrected chi connectivity index (χ2v) is 6.79. The first kappa shape index (κ1) is 20.4. The van der Waals surface area contributed by atoms with Crippen LogP contribution in [-0.4, -0.2) is 24.6 Å². The minimum Gasteiger partial charge on any atom is -0.480 e. The van der Waals surface area contributed by atoms with Crippen LogP contribution in [-0.2, 0) is 9.53 Å². The zero-order valence-electron chi connectivity index (χ0n) is 16.7. The summed E-state index contributed by atoms with van der Waals surface area (Å²) in [5.41, 5.74) is 1.05. The molecule has 0 saturated carbocycles. The van der Waals surface area contributed by atoms with E-state index in [1.54, 1.807) is 31.2 Å². The summed E-state index contributed by atoms with van der Waals surface area (Å²) in [5.74, 6) is 0.0381. The molecule has 0 fully saturated rings. The monoisotopic (exact) mass is 391 g/mol. The first-order valence-corrected chi connectivity index (χ1v) is 9.81. The Balaban J connectivity index is 1.60. The number of nitrogens with one attached hydrogen (secondary N) is 1. The largest absolute Gasteiger partial charge is 0.480 e. The van der Waals surface area contributed by atoms with Gasteiger partial charge < -0.3 is 14.8 Å². The molecule has 150 valence electrons. The van der Waals surface area contributed by atoms with Gasteiger partial charge >= 0.3 is 5.97 Å². The quantitative estimate of drug-likeness (QED) is 0.423. The van der Waals surface area contributed by atoms with Crippen LogP contribution in [0.25, 0.3) is 10.8 Å². The topological polar surface area (TPSA) is 64.6 Å². The number of carbonyl (C=O) groups is 2. The molecule has 3 rings (SSSR count). The van der Waals surface area contributed by atoms with Gasteiger partial charge in [0.2, 0.25) is 0 Å². The van der Waals surface area contributed by atoms with Crippen molar-refractivity contribution < 1.29 is 19.1 Å². The number of carbonyl (C=O) groups excluding carboxylic acids is 2. The van der Waals surface area contributed by atoms with Crippen LogP contribution in [0.15, 0.2) is 66.7 Å². The first-order chi connectivity index (χ1) is 14.1. The maximum absolute atomic E-state index is 12.5. The minimum atomic E-state index is -0.681. The lowest BCUT2D eigenvalue weighted by atomic mass is 10.1. The van der Waals surface area contributed by atoms with E-state index < -0.39 is 6.10 Å². The zero-order valence-corrected chi connectivity index (χ0v) is 16.7. The summed E-state index contributed by atoms with van der Waals surface area (Å²) in [6.07, 6.45) is 1.13. The number of unbranched alkanes of at least 4 members (excludes halogenated alkanes) is 1. The van der Waals surface area contributed by atoms with E-state index in [4.69, 9.17) is 9.47 Å². The van der Waals surface area contributed by atoms with Gasteiger partial charge in [-0.15, -0.1) is 0 Å². The van der Waals surface area contributed by atoms with E-state index in [1.807, 2.05) is 49.4 Å². The molecule has 1 amide bonds. The molecule has 0 bridgehead atoms. The van der Waals surface area contributed by atoms with E-state index in [1.165, 1.54) is 0 Å². The molecule has 1 atom stereocenters. The van der Waals surface area contributed by atoms with Gasteiger partial charge in [-0.3, -0.25) is 4.79 Å². The van der Waals surface area contributed by atoms with Crippen molar-refractivity contribution in [3.63, 3.8) is 0 Å². The van der Waals surface area contributed by atoms with Crippen molar-refractivity contribution in [2.45, 2.75) is 32.8 Å². The van der Waals surface area contributed by atoms with Gasteiger partial charge in [0, 0.05) is 11.1 Å². The Kier molecular flexibility index (Phi) is 6.85. The third-order valence-electron chi connectivity index (χ3n) is 4.54. The van der Waals surface area contributed by atoms with E-state index >= 15 is 0 Å². The maximum atomic E-state index is 12.5. The van der Waals surface area contributed by atoms with Gasteiger partial charge in [0.1, 0.15) is 5.75 Å². The highest BCUT2D eigenvalue weighted by atomic mass is 16.5. The van der Waals surface area contributed by atoms with Crippen LogP contribution >= 0.6 is 0 Å². The van der Waals surface area contributed by atoms with Gasteiger partial charge in [0.15, 0.2) is 6.10 Å². The van der Waals surface area contributed by atoms with Crippen LogP contribution in [0.5, 0.6) is 5.75 Å². The fourth-order valence-electron chi connectivity index (χ4n) is 2.87. The lowest BCUT2D eigenvalue weighted by Gasteiger charge is -2.16. The third-order valence-corrected chi connectivity index (χ3v) is 4.54. The van der Waals surface area contributed by atoms with Crippen molar-refractivity contribution in [2.24, 2.45) is 0 Å². The minimum absolute atomic E-state index is 0.267. The lowest BCUT2D eigenvalue weighted by Crippen LogP contribution is -2.30. The Morgan fingerprint density at radius 1 is 0.966 bits per heavy atom. The molecule has 0 aromatic heterocycles. The third kappa shape index (κ3) is 5.35. The molecule has 0 aliphatic heterocycles. The van der Waals surface area contributed by atoms with Crippen molar-refractivity contribution in [1.82, 2.24) is 0 Å². The molecule has 1 N–H and O–H groups in total. The Hall–Kier alpha value is -3.34. The summed E-state index contributed by atoms with van der Waals surface area (Å²) < 4.78 is 11.1. The number of benzene rings is 3. The Morgan fingerprint density at radius 3 is 2.45 bits per heavy atom. The highest BCUT2D eigenvalue weighted by Crippen LogP contribution is 2.26. The average Bonchev–Trinajstić information content (AvgIpc) is 2.74. The Bertz CT molecular complexity index is 976. The number of fused-ring (bicyclic) bond motifs is 1. The van der Waals surface area contributed by atoms with Crippen LogP contribution in [0, 0.1) is 0 Å². The lowest BCUT2D eigenvalue weighted by molar-refractivity contribution is -0.122. The number of hydrogen-bond acceptors (Lipinski definition) is 4. The van der Waals surface area contributed by atoms with Gasteiger partial charge in [0.25, 0.3) is 5.91 Å². The highest BCUT2D eigenvalue weighted by Gasteiger charge is 2.16. The second kappa shape index (κ2) is 9.73. The van der Waals surface area contributed by atoms with Gasteiger partial charge in [-0.05, 0) is 49.1 Å². The van der Waals surface area contributed by atoms with Gasteiger partial charge in [-0.2, -0.15) is 0 Å². The summed E-state index contributed by atoms with van der Waals surface area (Å²) in [6.45, 7) is 4.16. The molecular formula is C24H25NO4.